The van der Waals surface area contributed by atoms with Crippen LogP contribution in [-0.2, 0) is 12.8 Å². The van der Waals surface area contributed by atoms with Gasteiger partial charge < -0.3 is 24.8 Å². The molecule has 0 saturated heterocycles. The molecule has 1 aliphatic rings. The summed E-state index contributed by atoms with van der Waals surface area (Å²) in [5.41, 5.74) is 3.27. The molecule has 9 heteroatoms. The molecule has 1 heterocycles. The number of benzene rings is 2. The van der Waals surface area contributed by atoms with Crippen LogP contribution in [0.1, 0.15) is 56.9 Å². The molecule has 2 amide bonds. The van der Waals surface area contributed by atoms with Crippen LogP contribution in [0.4, 0.5) is 0 Å². The third kappa shape index (κ3) is 5.31. The van der Waals surface area contributed by atoms with Gasteiger partial charge >= 0.3 is 0 Å². The van der Waals surface area contributed by atoms with Gasteiger partial charge in [-0.2, -0.15) is 0 Å². The largest absolute Gasteiger partial charge is 0.493 e. The Labute approximate surface area is 215 Å². The maximum absolute atomic E-state index is 13.2. The van der Waals surface area contributed by atoms with Gasteiger partial charge in [0.25, 0.3) is 11.8 Å². The number of aromatic nitrogens is 1. The lowest BCUT2D eigenvalue weighted by atomic mass is 10.0. The van der Waals surface area contributed by atoms with E-state index in [0.29, 0.717) is 33.5 Å². The molecule has 0 saturated carbocycles. The number of amides is 2. The smallest absolute Gasteiger partial charge is 0.270 e. The van der Waals surface area contributed by atoms with Crippen LogP contribution in [0.5, 0.6) is 17.2 Å². The lowest BCUT2D eigenvalue weighted by molar-refractivity contribution is 0.0923. The predicted molar refractivity (Wildman–Crippen MR) is 138 cm³/mol. The molecule has 8 nitrogen and oxygen atoms in total. The van der Waals surface area contributed by atoms with Crippen molar-refractivity contribution in [1.29, 1.82) is 0 Å². The maximum Gasteiger partial charge on any atom is 0.270 e. The standard InChI is InChI=1S/C27H31N3O5S/c1-15(2)23(30-25(31)18-12-21(33-3)24(35-5)22(13-18)34-4)27-29-20(14-36-27)26(32)28-19-10-16-8-6-7-9-17(16)11-19/h6-9,12-15,19,23H,10-11H2,1-5H3,(H,28,32)(H,30,31)/t23-/m0/s1. The fraction of sp³-hybridized carbons (Fsp3) is 0.370. The van der Waals surface area contributed by atoms with Crippen molar-refractivity contribution in [3.8, 4) is 17.2 Å². The molecule has 0 aliphatic heterocycles. The molecule has 3 aromatic rings. The zero-order valence-electron chi connectivity index (χ0n) is 21.1. The molecule has 0 fully saturated rings. The summed E-state index contributed by atoms with van der Waals surface area (Å²) in [6.07, 6.45) is 1.64. The molecule has 190 valence electrons. The van der Waals surface area contributed by atoms with Crippen molar-refractivity contribution in [2.24, 2.45) is 5.92 Å². The van der Waals surface area contributed by atoms with E-state index in [-0.39, 0.29) is 29.8 Å². The molecular formula is C27H31N3O5S. The van der Waals surface area contributed by atoms with E-state index in [2.05, 4.69) is 27.8 Å². The van der Waals surface area contributed by atoms with Gasteiger partial charge in [0.05, 0.1) is 27.4 Å². The second kappa shape index (κ2) is 11.0. The molecule has 4 rings (SSSR count). The Morgan fingerprint density at radius 1 is 0.972 bits per heavy atom. The van der Waals surface area contributed by atoms with Gasteiger partial charge in [0.2, 0.25) is 5.75 Å². The van der Waals surface area contributed by atoms with Gasteiger partial charge in [0.1, 0.15) is 10.7 Å². The topological polar surface area (TPSA) is 98.8 Å². The van der Waals surface area contributed by atoms with E-state index < -0.39 is 0 Å². The van der Waals surface area contributed by atoms with Crippen molar-refractivity contribution < 1.29 is 23.8 Å². The first kappa shape index (κ1) is 25.5. The lowest BCUT2D eigenvalue weighted by Crippen LogP contribution is -2.35. The van der Waals surface area contributed by atoms with Crippen LogP contribution in [0.15, 0.2) is 41.8 Å². The zero-order chi connectivity index (χ0) is 25.8. The minimum absolute atomic E-state index is 0.0439. The first-order chi connectivity index (χ1) is 17.3. The van der Waals surface area contributed by atoms with Crippen LogP contribution in [-0.4, -0.2) is 44.2 Å². The third-order valence-corrected chi connectivity index (χ3v) is 7.21. The van der Waals surface area contributed by atoms with Crippen LogP contribution >= 0.6 is 11.3 Å². The Balaban J connectivity index is 1.47. The maximum atomic E-state index is 13.2. The summed E-state index contributed by atoms with van der Waals surface area (Å²) in [6, 6.07) is 11.1. The second-order valence-electron chi connectivity index (χ2n) is 9.03. The molecule has 0 unspecified atom stereocenters. The normalized spacial score (nSPS) is 13.7. The minimum Gasteiger partial charge on any atom is -0.493 e. The second-order valence-corrected chi connectivity index (χ2v) is 9.92. The van der Waals surface area contributed by atoms with Gasteiger partial charge in [-0.3, -0.25) is 9.59 Å². The molecule has 2 aromatic carbocycles. The summed E-state index contributed by atoms with van der Waals surface area (Å²) in [7, 11) is 4.52. The highest BCUT2D eigenvalue weighted by atomic mass is 32.1. The molecule has 1 aromatic heterocycles. The van der Waals surface area contributed by atoms with Crippen LogP contribution in [0, 0.1) is 5.92 Å². The number of carbonyl (C=O) groups is 2. The highest BCUT2D eigenvalue weighted by molar-refractivity contribution is 7.09. The summed E-state index contributed by atoms with van der Waals surface area (Å²) >= 11 is 1.36. The molecule has 1 atom stereocenters. The molecule has 2 N–H and O–H groups in total. The Morgan fingerprint density at radius 2 is 1.58 bits per heavy atom. The molecule has 0 spiro atoms. The number of thiazole rings is 1. The number of ether oxygens (including phenoxy) is 3. The number of carbonyl (C=O) groups excluding carboxylic acids is 2. The van der Waals surface area contributed by atoms with Crippen molar-refractivity contribution in [2.45, 2.75) is 38.8 Å². The SMILES string of the molecule is COc1cc(C(=O)N[C@H](c2nc(C(=O)NC3Cc4ccccc4C3)cs2)C(C)C)cc(OC)c1OC. The van der Waals surface area contributed by atoms with E-state index in [1.807, 2.05) is 26.0 Å². The highest BCUT2D eigenvalue weighted by Crippen LogP contribution is 2.38. The first-order valence-electron chi connectivity index (χ1n) is 11.8. The molecule has 0 bridgehead atoms. The average Bonchev–Trinajstić information content (AvgIpc) is 3.52. The quantitative estimate of drug-likeness (QED) is 0.449. The molecule has 36 heavy (non-hydrogen) atoms. The highest BCUT2D eigenvalue weighted by Gasteiger charge is 2.27. The van der Waals surface area contributed by atoms with Gasteiger partial charge in [-0.05, 0) is 42.0 Å². The Kier molecular flexibility index (Phi) is 7.79. The third-order valence-electron chi connectivity index (χ3n) is 6.29. The van der Waals surface area contributed by atoms with Crippen molar-refractivity contribution in [2.75, 3.05) is 21.3 Å². The fourth-order valence-electron chi connectivity index (χ4n) is 4.41. The van der Waals surface area contributed by atoms with Gasteiger partial charge in [0.15, 0.2) is 11.5 Å². The van der Waals surface area contributed by atoms with Crippen molar-refractivity contribution >= 4 is 23.2 Å². The van der Waals surface area contributed by atoms with Crippen molar-refractivity contribution in [1.82, 2.24) is 15.6 Å². The summed E-state index contributed by atoms with van der Waals surface area (Å²) in [5, 5.41) is 8.57. The van der Waals surface area contributed by atoms with Gasteiger partial charge in [-0.1, -0.05) is 38.1 Å². The fourth-order valence-corrected chi connectivity index (χ4v) is 5.43. The lowest BCUT2D eigenvalue weighted by Gasteiger charge is -2.21. The van der Waals surface area contributed by atoms with E-state index in [4.69, 9.17) is 14.2 Å². The zero-order valence-corrected chi connectivity index (χ0v) is 21.9. The first-order valence-corrected chi connectivity index (χ1v) is 12.7. The van der Waals surface area contributed by atoms with Crippen LogP contribution in [0.25, 0.3) is 0 Å². The van der Waals surface area contributed by atoms with E-state index in [1.165, 1.54) is 43.8 Å². The van der Waals surface area contributed by atoms with Crippen LogP contribution < -0.4 is 24.8 Å². The Morgan fingerprint density at radius 3 is 2.11 bits per heavy atom. The number of hydrogen-bond donors (Lipinski definition) is 2. The number of fused-ring (bicyclic) bond motifs is 1. The van der Waals surface area contributed by atoms with E-state index in [0.717, 1.165) is 12.8 Å². The molecule has 1 aliphatic carbocycles. The van der Waals surface area contributed by atoms with Crippen LogP contribution in [0.2, 0.25) is 0 Å². The molecular weight excluding hydrogens is 478 g/mol. The van der Waals surface area contributed by atoms with E-state index in [1.54, 1.807) is 17.5 Å². The van der Waals surface area contributed by atoms with Gasteiger partial charge in [-0.15, -0.1) is 11.3 Å². The van der Waals surface area contributed by atoms with Crippen molar-refractivity contribution in [3.63, 3.8) is 0 Å². The number of hydrogen-bond acceptors (Lipinski definition) is 7. The van der Waals surface area contributed by atoms with Gasteiger partial charge in [0, 0.05) is 17.0 Å². The monoisotopic (exact) mass is 509 g/mol. The Hall–Kier alpha value is -3.59. The summed E-state index contributed by atoms with van der Waals surface area (Å²) in [5.74, 6) is 0.739. The van der Waals surface area contributed by atoms with E-state index in [9.17, 15) is 9.59 Å². The van der Waals surface area contributed by atoms with Crippen molar-refractivity contribution in [3.05, 3.63) is 69.2 Å². The number of rotatable bonds is 9. The number of nitrogens with one attached hydrogen (secondary N) is 2. The van der Waals surface area contributed by atoms with Gasteiger partial charge in [-0.25, -0.2) is 4.98 Å². The number of methoxy groups -OCH3 is 3. The summed E-state index contributed by atoms with van der Waals surface area (Å²) < 4.78 is 16.1. The molecule has 0 radical (unpaired) electrons. The summed E-state index contributed by atoms with van der Waals surface area (Å²) in [4.78, 5) is 30.7. The number of nitrogens with zero attached hydrogens (tertiary/aromatic N) is 1. The minimum atomic E-state index is -0.376. The van der Waals surface area contributed by atoms with Crippen LogP contribution in [0.3, 0.4) is 0 Å². The van der Waals surface area contributed by atoms with E-state index >= 15 is 0 Å². The Bertz CT molecular complexity index is 1210. The predicted octanol–water partition coefficient (Wildman–Crippen LogP) is 4.19. The summed E-state index contributed by atoms with van der Waals surface area (Å²) in [6.45, 7) is 3.99. The average molecular weight is 510 g/mol.